The summed E-state index contributed by atoms with van der Waals surface area (Å²) in [7, 11) is 1.21. The molecule has 0 radical (unpaired) electrons. The lowest BCUT2D eigenvalue weighted by atomic mass is 10.0. The van der Waals surface area contributed by atoms with Crippen LogP contribution in [0.4, 0.5) is 13.2 Å². The minimum atomic E-state index is -4.46. The van der Waals surface area contributed by atoms with Crippen LogP contribution in [0.2, 0.25) is 0 Å². The van der Waals surface area contributed by atoms with Gasteiger partial charge in [-0.25, -0.2) is 0 Å². The summed E-state index contributed by atoms with van der Waals surface area (Å²) in [6, 6.07) is 9.34. The number of pyridine rings is 1. The topological polar surface area (TPSA) is 12.9 Å². The molecular formula is C14H7F3INS. The smallest absolute Gasteiger partial charge is 0.254 e. The van der Waals surface area contributed by atoms with E-state index in [4.69, 9.17) is 0 Å². The largest absolute Gasteiger partial charge is 0.418 e. The number of nitrogens with zero attached hydrogens (tertiary/aromatic N) is 1. The van der Waals surface area contributed by atoms with Crippen LogP contribution in [-0.4, -0.2) is 4.98 Å². The van der Waals surface area contributed by atoms with Gasteiger partial charge in [-0.05, 0) is 20.3 Å². The van der Waals surface area contributed by atoms with Gasteiger partial charge in [0.05, 0.1) is 11.3 Å². The van der Waals surface area contributed by atoms with Gasteiger partial charge >= 0.3 is 6.18 Å². The zero-order valence-electron chi connectivity index (χ0n) is 9.91. The summed E-state index contributed by atoms with van der Waals surface area (Å²) >= 11 is 1.96. The molecule has 0 saturated carbocycles. The molecule has 0 fully saturated rings. The number of alkyl halides is 3. The van der Waals surface area contributed by atoms with Crippen LogP contribution in [0.25, 0.3) is 11.3 Å². The molecule has 0 aliphatic carbocycles. The molecule has 1 aromatic heterocycles. The molecule has 20 heavy (non-hydrogen) atoms. The number of halogens is 4. The second kappa shape index (κ2) is 6.50. The van der Waals surface area contributed by atoms with Crippen molar-refractivity contribution in [2.75, 3.05) is 0 Å². The molecule has 1 aromatic carbocycles. The molecule has 2 aromatic rings. The second-order valence-electron chi connectivity index (χ2n) is 3.79. The molecule has 6 heteroatoms. The number of benzene rings is 1. The number of hydrogen-bond donors (Lipinski definition) is 0. The minimum Gasteiger partial charge on any atom is -0.254 e. The summed E-state index contributed by atoms with van der Waals surface area (Å²) in [6.07, 6.45) is -3.11. The first kappa shape index (κ1) is 15.2. The average Bonchev–Trinajstić information content (AvgIpc) is 2.45. The molecule has 0 spiro atoms. The highest BCUT2D eigenvalue weighted by atomic mass is 127. The molecule has 0 aliphatic heterocycles. The molecule has 0 saturated heterocycles. The first-order valence-electron chi connectivity index (χ1n) is 5.43. The summed E-state index contributed by atoms with van der Waals surface area (Å²) < 4.78 is 39.4. The van der Waals surface area contributed by atoms with Gasteiger partial charge in [0.1, 0.15) is 0 Å². The lowest BCUT2D eigenvalue weighted by Crippen LogP contribution is -2.09. The third-order valence-electron chi connectivity index (χ3n) is 2.47. The average molecular weight is 405 g/mol. The third kappa shape index (κ3) is 3.67. The van der Waals surface area contributed by atoms with Crippen molar-refractivity contribution in [2.45, 2.75) is 6.18 Å². The van der Waals surface area contributed by atoms with E-state index in [0.717, 1.165) is 6.07 Å². The first-order valence-corrected chi connectivity index (χ1v) is 8.79. The monoisotopic (exact) mass is 405 g/mol. The fourth-order valence-corrected chi connectivity index (χ4v) is 2.14. The first-order chi connectivity index (χ1) is 9.52. The Morgan fingerprint density at radius 3 is 2.45 bits per heavy atom. The molecule has 1 heterocycles. The maximum Gasteiger partial charge on any atom is 0.418 e. The number of rotatable bonds is 1. The third-order valence-corrected chi connectivity index (χ3v) is 3.31. The Morgan fingerprint density at radius 2 is 1.85 bits per heavy atom. The van der Waals surface area contributed by atoms with Crippen molar-refractivity contribution in [3.63, 3.8) is 0 Å². The van der Waals surface area contributed by atoms with Crippen molar-refractivity contribution in [1.82, 2.24) is 4.98 Å². The van der Waals surface area contributed by atoms with Crippen LogP contribution < -0.4 is 0 Å². The molecule has 0 unspecified atom stereocenters. The predicted octanol–water partition coefficient (Wildman–Crippen LogP) is 5.16. The Labute approximate surface area is 130 Å². The predicted molar refractivity (Wildman–Crippen MR) is 83.2 cm³/mol. The van der Waals surface area contributed by atoms with Gasteiger partial charge in [-0.3, -0.25) is 4.98 Å². The Balaban J connectivity index is 2.58. The molecule has 1 nitrogen and oxygen atoms in total. The van der Waals surface area contributed by atoms with E-state index in [1.54, 1.807) is 30.3 Å². The molecule has 0 aliphatic rings. The van der Waals surface area contributed by atoms with Crippen molar-refractivity contribution >= 4 is 30.1 Å². The van der Waals surface area contributed by atoms with Gasteiger partial charge < -0.3 is 0 Å². The van der Waals surface area contributed by atoms with Gasteiger partial charge in [0.15, 0.2) is 0 Å². The summed E-state index contributed by atoms with van der Waals surface area (Å²) in [5.41, 5.74) is -0.163. The summed E-state index contributed by atoms with van der Waals surface area (Å²) in [4.78, 5) is 3.93. The van der Waals surface area contributed by atoms with E-state index in [-0.39, 0.29) is 11.3 Å². The SMILES string of the molecule is FC(F)(F)c1cc(C#CSI)cnc1-c1ccccc1. The van der Waals surface area contributed by atoms with E-state index in [1.807, 2.05) is 21.2 Å². The van der Waals surface area contributed by atoms with Crippen molar-refractivity contribution in [2.24, 2.45) is 0 Å². The van der Waals surface area contributed by atoms with Gasteiger partial charge in [0.25, 0.3) is 0 Å². The Bertz CT molecular complexity index is 660. The molecule has 2 rings (SSSR count). The lowest BCUT2D eigenvalue weighted by molar-refractivity contribution is -0.137. The maximum absolute atomic E-state index is 13.1. The molecule has 102 valence electrons. The Hall–Kier alpha value is -1.20. The van der Waals surface area contributed by atoms with Crippen molar-refractivity contribution in [1.29, 1.82) is 0 Å². The Morgan fingerprint density at radius 1 is 1.15 bits per heavy atom. The molecule has 0 bridgehead atoms. The van der Waals surface area contributed by atoms with E-state index < -0.39 is 11.7 Å². The molecule has 0 amide bonds. The fraction of sp³-hybridized carbons (Fsp3) is 0.0714. The van der Waals surface area contributed by atoms with Crippen LogP contribution in [0, 0.1) is 11.2 Å². The van der Waals surface area contributed by atoms with Crippen LogP contribution in [-0.2, 0) is 6.18 Å². The van der Waals surface area contributed by atoms with Crippen molar-refractivity contribution < 1.29 is 13.2 Å². The fourth-order valence-electron chi connectivity index (χ4n) is 1.65. The molecule has 0 atom stereocenters. The zero-order chi connectivity index (χ0) is 14.6. The molecular weight excluding hydrogens is 398 g/mol. The second-order valence-corrected chi connectivity index (χ2v) is 5.47. The van der Waals surface area contributed by atoms with Crippen LogP contribution in [0.5, 0.6) is 0 Å². The molecule has 0 N–H and O–H groups in total. The Kier molecular flexibility index (Phi) is 4.94. The quantitative estimate of drug-likeness (QED) is 0.480. The number of aromatic nitrogens is 1. The van der Waals surface area contributed by atoms with Crippen molar-refractivity contribution in [3.05, 3.63) is 53.7 Å². The van der Waals surface area contributed by atoms with E-state index in [0.29, 0.717) is 5.56 Å². The highest BCUT2D eigenvalue weighted by molar-refractivity contribution is 14.2. The minimum absolute atomic E-state index is 0.0780. The zero-order valence-corrected chi connectivity index (χ0v) is 12.9. The number of hydrogen-bond acceptors (Lipinski definition) is 2. The van der Waals surface area contributed by atoms with E-state index in [2.05, 4.69) is 16.2 Å². The summed E-state index contributed by atoms with van der Waals surface area (Å²) in [6.45, 7) is 0. The van der Waals surface area contributed by atoms with Gasteiger partial charge in [-0.2, -0.15) is 13.2 Å². The maximum atomic E-state index is 13.1. The lowest BCUT2D eigenvalue weighted by Gasteiger charge is -2.12. The summed E-state index contributed by atoms with van der Waals surface area (Å²) in [5, 5.41) is 2.65. The van der Waals surface area contributed by atoms with Crippen LogP contribution in [0.1, 0.15) is 11.1 Å². The highest BCUT2D eigenvalue weighted by Gasteiger charge is 2.34. The van der Waals surface area contributed by atoms with Crippen molar-refractivity contribution in [3.8, 4) is 22.4 Å². The van der Waals surface area contributed by atoms with Crippen LogP contribution >= 0.6 is 30.1 Å². The summed E-state index contributed by atoms with van der Waals surface area (Å²) in [5.74, 6) is 2.63. The van der Waals surface area contributed by atoms with Gasteiger partial charge in [-0.1, -0.05) is 36.3 Å². The van der Waals surface area contributed by atoms with Crippen LogP contribution in [0.15, 0.2) is 42.6 Å². The van der Waals surface area contributed by atoms with E-state index >= 15 is 0 Å². The normalized spacial score (nSPS) is 10.8. The van der Waals surface area contributed by atoms with Gasteiger partial charge in [-0.15, -0.1) is 0 Å². The van der Waals surface area contributed by atoms with Gasteiger partial charge in [0, 0.05) is 38.5 Å². The van der Waals surface area contributed by atoms with Crippen LogP contribution in [0.3, 0.4) is 0 Å². The van der Waals surface area contributed by atoms with E-state index in [9.17, 15) is 13.2 Å². The van der Waals surface area contributed by atoms with Gasteiger partial charge in [0.2, 0.25) is 0 Å². The highest BCUT2D eigenvalue weighted by Crippen LogP contribution is 2.36. The van der Waals surface area contributed by atoms with E-state index in [1.165, 1.54) is 15.1 Å². The standard InChI is InChI=1S/C14H7F3INS/c15-14(16,17)12-8-10(6-7-20-18)9-19-13(12)11-4-2-1-3-5-11/h1-5,8-9H.